The molecule has 0 atom stereocenters. The molecule has 0 aliphatic heterocycles. The molecule has 0 fully saturated rings. The predicted octanol–water partition coefficient (Wildman–Crippen LogP) is -0.533. The van der Waals surface area contributed by atoms with E-state index >= 15 is 0 Å². The van der Waals surface area contributed by atoms with Crippen molar-refractivity contribution < 1.29 is 9.87 Å². The average Bonchev–Trinajstić information content (AvgIpc) is 1.50. The van der Waals surface area contributed by atoms with Crippen molar-refractivity contribution in [1.29, 1.82) is 0 Å². The molecule has 0 saturated heterocycles. The number of rotatable bonds is 0. The molecule has 3 nitrogen and oxygen atoms in total. The van der Waals surface area contributed by atoms with Crippen LogP contribution in [0.1, 0.15) is 0 Å². The van der Waals surface area contributed by atoms with Gasteiger partial charge in [0.2, 0.25) is 0 Å². The molecular weight excluding hydrogens is 81.5 g/mol. The summed E-state index contributed by atoms with van der Waals surface area (Å²) in [5.74, 6) is 3.50. The van der Waals surface area contributed by atoms with E-state index in [0.29, 0.717) is 0 Å². The van der Waals surface area contributed by atoms with Crippen molar-refractivity contribution in [1.82, 2.24) is 0 Å². The topological polar surface area (TPSA) is 66.5 Å². The van der Waals surface area contributed by atoms with Crippen molar-refractivity contribution in [3.8, 4) is 0 Å². The lowest BCUT2D eigenvalue weighted by atomic mass is 13.6. The molecule has 0 amide bonds. The van der Waals surface area contributed by atoms with Gasteiger partial charge in [0.15, 0.2) is 0 Å². The predicted molar refractivity (Wildman–Crippen MR) is 14.0 cm³/mol. The maximum absolute atomic E-state index is 6.50. The smallest absolute Gasteiger partial charge is 0.0579 e. The van der Waals surface area contributed by atoms with E-state index in [9.17, 15) is 0 Å². The maximum Gasteiger partial charge on any atom is 0.0579 e. The van der Waals surface area contributed by atoms with Gasteiger partial charge >= 0.3 is 0 Å². The maximum atomic E-state index is 6.50. The van der Waals surface area contributed by atoms with Crippen molar-refractivity contribution in [2.75, 3.05) is 0 Å². The molecular formula is H4ClNO2. The Hall–Kier alpha value is 0.170. The van der Waals surface area contributed by atoms with Crippen LogP contribution < -0.4 is 5.90 Å². The average molecular weight is 85.5 g/mol. The summed E-state index contributed by atoms with van der Waals surface area (Å²) in [5, 5.41) is 6.50. The Morgan fingerprint density at radius 1 is 1.25 bits per heavy atom. The molecule has 4 heavy (non-hydrogen) atoms. The van der Waals surface area contributed by atoms with Crippen LogP contribution in [0.15, 0.2) is 0 Å². The summed E-state index contributed by atoms with van der Waals surface area (Å²) < 4.78 is 6.47. The summed E-state index contributed by atoms with van der Waals surface area (Å²) >= 11 is 3.64. The fraction of sp³-hybridized carbons (Fsp3) is 0. The molecule has 4 N–H and O–H groups in total. The number of halogens is 1. The Morgan fingerprint density at radius 2 is 1.25 bits per heavy atom. The van der Waals surface area contributed by atoms with Crippen molar-refractivity contribution in [2.24, 2.45) is 5.90 Å². The highest BCUT2D eigenvalue weighted by atomic mass is 35.5. The Bertz CT molecular complexity index is 6.00. The summed E-state index contributed by atoms with van der Waals surface area (Å²) in [6.07, 6.45) is 0. The highest BCUT2D eigenvalue weighted by Gasteiger charge is 0.897. The summed E-state index contributed by atoms with van der Waals surface area (Å²) in [6.45, 7) is 0. The Morgan fingerprint density at radius 3 is 1.25 bits per heavy atom. The lowest BCUT2D eigenvalue weighted by Crippen LogP contribution is -1.72. The third kappa shape index (κ3) is 103. The molecule has 28 valence electrons. The molecule has 0 saturated carbocycles. The van der Waals surface area contributed by atoms with Crippen molar-refractivity contribution >= 4 is 11.9 Å². The van der Waals surface area contributed by atoms with Crippen LogP contribution in [0.3, 0.4) is 0 Å². The Kier molecular flexibility index (Phi) is 1150. The number of hydrogen-bond acceptors (Lipinski definition) is 3. The normalized spacial score (nSPS) is 3.00. The van der Waals surface area contributed by atoms with Gasteiger partial charge in [0.05, 0.1) is 11.9 Å². The van der Waals surface area contributed by atoms with Gasteiger partial charge in [0.1, 0.15) is 0 Å². The van der Waals surface area contributed by atoms with Gasteiger partial charge < -0.3 is 5.21 Å². The van der Waals surface area contributed by atoms with Crippen LogP contribution in [0.2, 0.25) is 0 Å². The monoisotopic (exact) mass is 85.0 g/mol. The fourth-order valence-corrected chi connectivity index (χ4v) is 0. The van der Waals surface area contributed by atoms with E-state index in [1.165, 1.54) is 0 Å². The molecule has 0 aliphatic carbocycles. The molecule has 4 heteroatoms. The van der Waals surface area contributed by atoms with Gasteiger partial charge in [-0.3, -0.25) is 4.66 Å². The van der Waals surface area contributed by atoms with Gasteiger partial charge in [-0.15, -0.1) is 0 Å². The van der Waals surface area contributed by atoms with Gasteiger partial charge in [-0.05, 0) is 0 Å². The number of nitrogens with two attached hydrogens (primary N) is 1. The van der Waals surface area contributed by atoms with Gasteiger partial charge in [-0.25, -0.2) is 5.90 Å². The molecule has 0 heterocycles. The lowest BCUT2D eigenvalue weighted by molar-refractivity contribution is 0.311. The first kappa shape index (κ1) is 8.90. The molecule has 0 aromatic carbocycles. The largest absolute Gasteiger partial charge is 0.320 e. The minimum absolute atomic E-state index is 3.50. The zero-order valence-corrected chi connectivity index (χ0v) is 2.61. The fourth-order valence-electron chi connectivity index (χ4n) is 0. The van der Waals surface area contributed by atoms with E-state index in [0.717, 1.165) is 0 Å². The SMILES string of the molecule is NO.OCl. The summed E-state index contributed by atoms with van der Waals surface area (Å²) in [6, 6.07) is 0. The molecule has 0 unspecified atom stereocenters. The minimum Gasteiger partial charge on any atom is -0.320 e. The highest BCUT2D eigenvalue weighted by Crippen LogP contribution is 1.31. The van der Waals surface area contributed by atoms with E-state index in [1.54, 1.807) is 0 Å². The Balaban J connectivity index is 0. The molecule has 0 aliphatic rings. The zero-order valence-electron chi connectivity index (χ0n) is 1.85. The first-order chi connectivity index (χ1) is 2.00. The van der Waals surface area contributed by atoms with Gasteiger partial charge in [0.25, 0.3) is 0 Å². The van der Waals surface area contributed by atoms with Crippen molar-refractivity contribution in [3.05, 3.63) is 0 Å². The summed E-state index contributed by atoms with van der Waals surface area (Å²) in [5.41, 5.74) is 0. The second kappa shape index (κ2) is 517. The van der Waals surface area contributed by atoms with Crippen LogP contribution in [0, 0.1) is 0 Å². The van der Waals surface area contributed by atoms with Gasteiger partial charge in [-0.2, -0.15) is 0 Å². The zero-order chi connectivity index (χ0) is 4.00. The van der Waals surface area contributed by atoms with Crippen LogP contribution in [0.4, 0.5) is 0 Å². The van der Waals surface area contributed by atoms with E-state index in [-0.39, 0.29) is 0 Å². The molecule has 0 aromatic rings. The van der Waals surface area contributed by atoms with Crippen molar-refractivity contribution in [3.63, 3.8) is 0 Å². The highest BCUT2D eigenvalue weighted by molar-refractivity contribution is 6.04. The van der Waals surface area contributed by atoms with Crippen LogP contribution in [0.5, 0.6) is 0 Å². The van der Waals surface area contributed by atoms with E-state index in [4.69, 9.17) is 9.87 Å². The minimum atomic E-state index is 3.50. The summed E-state index contributed by atoms with van der Waals surface area (Å²) in [4.78, 5) is 0. The summed E-state index contributed by atoms with van der Waals surface area (Å²) in [7, 11) is 0. The first-order valence-corrected chi connectivity index (χ1v) is 0.765. The molecule has 0 aromatic heterocycles. The third-order valence-electron chi connectivity index (χ3n) is 0. The van der Waals surface area contributed by atoms with E-state index < -0.39 is 0 Å². The quantitative estimate of drug-likeness (QED) is 0.346. The number of hydrogen-bond donors (Lipinski definition) is 3. The first-order valence-electron chi connectivity index (χ1n) is 0.427. The van der Waals surface area contributed by atoms with E-state index in [1.807, 2.05) is 0 Å². The van der Waals surface area contributed by atoms with Crippen LogP contribution >= 0.6 is 11.9 Å². The lowest BCUT2D eigenvalue weighted by Gasteiger charge is -1.27. The molecule has 0 rings (SSSR count). The second-order valence-corrected chi connectivity index (χ2v) is 0. The molecule has 0 bridgehead atoms. The second-order valence-electron chi connectivity index (χ2n) is 0. The van der Waals surface area contributed by atoms with Crippen LogP contribution in [0.25, 0.3) is 0 Å². The molecule has 0 radical (unpaired) electrons. The standard InChI is InChI=1S/ClHO.H3NO/c2*1-2/h2H;2H,1H2. The van der Waals surface area contributed by atoms with E-state index in [2.05, 4.69) is 17.8 Å². The van der Waals surface area contributed by atoms with Crippen molar-refractivity contribution in [2.45, 2.75) is 0 Å². The van der Waals surface area contributed by atoms with Gasteiger partial charge in [-0.1, -0.05) is 0 Å². The van der Waals surface area contributed by atoms with Gasteiger partial charge in [0, 0.05) is 0 Å². The third-order valence-corrected chi connectivity index (χ3v) is 0. The molecule has 0 spiro atoms. The van der Waals surface area contributed by atoms with Crippen LogP contribution in [-0.2, 0) is 0 Å². The Labute approximate surface area is 28.7 Å². The van der Waals surface area contributed by atoms with Crippen LogP contribution in [-0.4, -0.2) is 9.87 Å².